The Morgan fingerprint density at radius 2 is 1.73 bits per heavy atom. The number of rotatable bonds is 6. The Balaban J connectivity index is 0.00000243. The lowest BCUT2D eigenvalue weighted by atomic mass is 10.1. The minimum absolute atomic E-state index is 0. The summed E-state index contributed by atoms with van der Waals surface area (Å²) >= 11 is 0. The van der Waals surface area contributed by atoms with Crippen LogP contribution in [0.25, 0.3) is 0 Å². The Bertz CT molecular complexity index is 763. The van der Waals surface area contributed by atoms with E-state index in [-0.39, 0.29) is 36.2 Å². The molecule has 2 amide bonds. The summed E-state index contributed by atoms with van der Waals surface area (Å²) in [5, 5.41) is 2.87. The van der Waals surface area contributed by atoms with Gasteiger partial charge in [-0.2, -0.15) is 0 Å². The van der Waals surface area contributed by atoms with Crippen LogP contribution in [0.1, 0.15) is 34.8 Å². The van der Waals surface area contributed by atoms with Crippen molar-refractivity contribution in [2.24, 2.45) is 11.7 Å². The molecular formula is C20H24ClN3O2. The van der Waals surface area contributed by atoms with Gasteiger partial charge in [-0.1, -0.05) is 42.5 Å². The molecule has 0 saturated heterocycles. The van der Waals surface area contributed by atoms with Gasteiger partial charge in [0.25, 0.3) is 5.91 Å². The number of hydrogen-bond acceptors (Lipinski definition) is 3. The van der Waals surface area contributed by atoms with Crippen LogP contribution in [-0.4, -0.2) is 25.4 Å². The first-order chi connectivity index (χ1) is 12.1. The maximum atomic E-state index is 12.6. The number of hydrogen-bond donors (Lipinski definition) is 2. The van der Waals surface area contributed by atoms with E-state index in [2.05, 4.69) is 5.32 Å². The molecule has 3 N–H and O–H groups in total. The molecule has 1 saturated carbocycles. The molecule has 0 aliphatic heterocycles. The number of nitrogens with one attached hydrogen (secondary N) is 1. The molecule has 6 heteroatoms. The number of benzene rings is 2. The number of amides is 2. The van der Waals surface area contributed by atoms with Gasteiger partial charge in [-0.05, 0) is 30.5 Å². The summed E-state index contributed by atoms with van der Waals surface area (Å²) in [4.78, 5) is 26.5. The van der Waals surface area contributed by atoms with Crippen molar-refractivity contribution in [2.75, 3.05) is 18.5 Å². The number of carbonyl (C=O) groups is 2. The van der Waals surface area contributed by atoms with Gasteiger partial charge in [0, 0.05) is 25.6 Å². The van der Waals surface area contributed by atoms with Gasteiger partial charge in [-0.3, -0.25) is 9.59 Å². The highest BCUT2D eigenvalue weighted by Gasteiger charge is 2.33. The molecule has 138 valence electrons. The molecule has 2 aromatic carbocycles. The van der Waals surface area contributed by atoms with Crippen LogP contribution in [0.5, 0.6) is 0 Å². The fourth-order valence-corrected chi connectivity index (χ4v) is 2.80. The van der Waals surface area contributed by atoms with Gasteiger partial charge in [0.15, 0.2) is 0 Å². The van der Waals surface area contributed by atoms with E-state index >= 15 is 0 Å². The van der Waals surface area contributed by atoms with Crippen LogP contribution in [0.4, 0.5) is 5.69 Å². The Morgan fingerprint density at radius 3 is 2.38 bits per heavy atom. The molecule has 0 heterocycles. The van der Waals surface area contributed by atoms with Crippen LogP contribution in [-0.2, 0) is 4.79 Å². The summed E-state index contributed by atoms with van der Waals surface area (Å²) < 4.78 is 0. The molecule has 0 spiro atoms. The van der Waals surface area contributed by atoms with E-state index in [1.54, 1.807) is 30.1 Å². The van der Waals surface area contributed by atoms with Crippen molar-refractivity contribution in [3.63, 3.8) is 0 Å². The zero-order chi connectivity index (χ0) is 17.8. The number of nitrogens with zero attached hydrogens (tertiary/aromatic N) is 1. The molecule has 1 aliphatic carbocycles. The minimum atomic E-state index is -0.275. The molecule has 0 bridgehead atoms. The van der Waals surface area contributed by atoms with Crippen molar-refractivity contribution in [2.45, 2.75) is 18.9 Å². The highest BCUT2D eigenvalue weighted by molar-refractivity contribution is 6.05. The fourth-order valence-electron chi connectivity index (χ4n) is 2.80. The SMILES string of the molecule is CN(C(=O)C1CC1)c1ccccc1C(=O)NCC(N)c1ccccc1.Cl. The second-order valence-electron chi connectivity index (χ2n) is 6.42. The second-order valence-corrected chi connectivity index (χ2v) is 6.42. The quantitative estimate of drug-likeness (QED) is 0.817. The lowest BCUT2D eigenvalue weighted by Gasteiger charge is -2.21. The van der Waals surface area contributed by atoms with Crippen molar-refractivity contribution in [1.29, 1.82) is 0 Å². The number of para-hydroxylation sites is 1. The van der Waals surface area contributed by atoms with E-state index in [4.69, 9.17) is 5.73 Å². The fraction of sp³-hybridized carbons (Fsp3) is 0.300. The predicted octanol–water partition coefficient (Wildman–Crippen LogP) is 2.91. The average Bonchev–Trinajstić information content (AvgIpc) is 3.50. The van der Waals surface area contributed by atoms with Gasteiger partial charge < -0.3 is 16.0 Å². The summed E-state index contributed by atoms with van der Waals surface area (Å²) in [5.74, 6) is -0.0497. The first-order valence-corrected chi connectivity index (χ1v) is 8.53. The molecule has 26 heavy (non-hydrogen) atoms. The summed E-state index contributed by atoms with van der Waals surface area (Å²) in [6, 6.07) is 16.5. The molecule has 0 aromatic heterocycles. The molecule has 5 nitrogen and oxygen atoms in total. The van der Waals surface area contributed by atoms with Crippen LogP contribution in [0.3, 0.4) is 0 Å². The number of nitrogens with two attached hydrogens (primary N) is 1. The van der Waals surface area contributed by atoms with Gasteiger partial charge >= 0.3 is 0 Å². The standard InChI is InChI=1S/C20H23N3O2.ClH/c1-23(20(25)15-11-12-15)18-10-6-5-9-16(18)19(24)22-13-17(21)14-7-3-2-4-8-14;/h2-10,15,17H,11-13,21H2,1H3,(H,22,24);1H. The van der Waals surface area contributed by atoms with E-state index in [9.17, 15) is 9.59 Å². The summed E-state index contributed by atoms with van der Waals surface area (Å²) in [5.41, 5.74) is 8.22. The number of carbonyl (C=O) groups excluding carboxylic acids is 2. The molecular weight excluding hydrogens is 350 g/mol. The third-order valence-electron chi connectivity index (χ3n) is 4.48. The Kier molecular flexibility index (Phi) is 6.77. The molecule has 1 unspecified atom stereocenters. The summed E-state index contributed by atoms with van der Waals surface area (Å²) in [6.45, 7) is 0.331. The molecule has 1 fully saturated rings. The van der Waals surface area contributed by atoms with Crippen molar-refractivity contribution >= 4 is 29.9 Å². The van der Waals surface area contributed by atoms with Crippen molar-refractivity contribution in [1.82, 2.24) is 5.32 Å². The topological polar surface area (TPSA) is 75.4 Å². The first-order valence-electron chi connectivity index (χ1n) is 8.53. The maximum Gasteiger partial charge on any atom is 0.253 e. The van der Waals surface area contributed by atoms with Gasteiger partial charge in [0.1, 0.15) is 0 Å². The molecule has 1 atom stereocenters. The minimum Gasteiger partial charge on any atom is -0.350 e. The van der Waals surface area contributed by atoms with Crippen molar-refractivity contribution in [3.8, 4) is 0 Å². The predicted molar refractivity (Wildman–Crippen MR) is 106 cm³/mol. The third kappa shape index (κ3) is 4.62. The Labute approximate surface area is 160 Å². The van der Waals surface area contributed by atoms with Crippen LogP contribution >= 0.6 is 12.4 Å². The molecule has 1 aliphatic rings. The molecule has 3 rings (SSSR count). The summed E-state index contributed by atoms with van der Waals surface area (Å²) in [6.07, 6.45) is 1.87. The van der Waals surface area contributed by atoms with E-state index in [1.807, 2.05) is 36.4 Å². The zero-order valence-corrected chi connectivity index (χ0v) is 15.5. The van der Waals surface area contributed by atoms with E-state index in [0.717, 1.165) is 18.4 Å². The normalized spacial score (nSPS) is 14.1. The largest absolute Gasteiger partial charge is 0.350 e. The number of anilines is 1. The van der Waals surface area contributed by atoms with Crippen LogP contribution in [0.15, 0.2) is 54.6 Å². The summed E-state index contributed by atoms with van der Waals surface area (Å²) in [7, 11) is 1.72. The lowest BCUT2D eigenvalue weighted by Crippen LogP contribution is -2.34. The zero-order valence-electron chi connectivity index (χ0n) is 14.7. The molecule has 0 radical (unpaired) electrons. The van der Waals surface area contributed by atoms with Crippen LogP contribution in [0.2, 0.25) is 0 Å². The van der Waals surface area contributed by atoms with Gasteiger partial charge in [0.05, 0.1) is 11.3 Å². The van der Waals surface area contributed by atoms with Crippen molar-refractivity contribution in [3.05, 3.63) is 65.7 Å². The monoisotopic (exact) mass is 373 g/mol. The molecule has 2 aromatic rings. The smallest absolute Gasteiger partial charge is 0.253 e. The second kappa shape index (κ2) is 8.83. The average molecular weight is 374 g/mol. The highest BCUT2D eigenvalue weighted by atomic mass is 35.5. The van der Waals surface area contributed by atoms with Gasteiger partial charge in [0.2, 0.25) is 5.91 Å². The lowest BCUT2D eigenvalue weighted by molar-refractivity contribution is -0.119. The van der Waals surface area contributed by atoms with Gasteiger partial charge in [-0.15, -0.1) is 12.4 Å². The maximum absolute atomic E-state index is 12.6. The van der Waals surface area contributed by atoms with E-state index < -0.39 is 0 Å². The van der Waals surface area contributed by atoms with Crippen LogP contribution < -0.4 is 16.0 Å². The van der Waals surface area contributed by atoms with E-state index in [0.29, 0.717) is 17.8 Å². The number of halogens is 1. The van der Waals surface area contributed by atoms with Crippen LogP contribution in [0, 0.1) is 5.92 Å². The first kappa shape index (κ1) is 19.9. The van der Waals surface area contributed by atoms with Gasteiger partial charge in [-0.25, -0.2) is 0 Å². The van der Waals surface area contributed by atoms with E-state index in [1.165, 1.54) is 0 Å². The Hall–Kier alpha value is -2.37. The Morgan fingerprint density at radius 1 is 1.12 bits per heavy atom. The van der Waals surface area contributed by atoms with Crippen molar-refractivity contribution < 1.29 is 9.59 Å². The highest BCUT2D eigenvalue weighted by Crippen LogP contribution is 2.33. The third-order valence-corrected chi connectivity index (χ3v) is 4.48.